The van der Waals surface area contributed by atoms with Gasteiger partial charge in [0, 0.05) is 18.7 Å². The molecule has 37 heavy (non-hydrogen) atoms. The maximum absolute atomic E-state index is 12.5. The second-order valence-electron chi connectivity index (χ2n) is 8.62. The molecule has 8 nitrogen and oxygen atoms in total. The fourth-order valence-corrected chi connectivity index (χ4v) is 5.09. The van der Waals surface area contributed by atoms with Crippen molar-refractivity contribution in [2.45, 2.75) is 64.1 Å². The molecule has 1 aromatic carbocycles. The highest BCUT2D eigenvalue weighted by atomic mass is 32.1. The van der Waals surface area contributed by atoms with Gasteiger partial charge < -0.3 is 15.2 Å². The SMILES string of the molecule is O=C(O)CCCCCCCCCc1cnc2c(c1)nc(Nc1nc3ccc(OC(F)(F)F)cc3s1)n2S. The predicted molar refractivity (Wildman–Crippen MR) is 140 cm³/mol. The third-order valence-corrected chi connectivity index (χ3v) is 7.01. The number of thiol groups is 1. The van der Waals surface area contributed by atoms with Crippen LogP contribution in [0.3, 0.4) is 0 Å². The van der Waals surface area contributed by atoms with E-state index in [1.54, 1.807) is 0 Å². The Morgan fingerprint density at radius 1 is 1.05 bits per heavy atom. The highest BCUT2D eigenvalue weighted by Gasteiger charge is 2.31. The van der Waals surface area contributed by atoms with Crippen molar-refractivity contribution in [1.29, 1.82) is 0 Å². The number of halogens is 3. The van der Waals surface area contributed by atoms with Crippen LogP contribution in [0.25, 0.3) is 21.4 Å². The third kappa shape index (κ3) is 7.71. The first kappa shape index (κ1) is 27.0. The molecule has 3 aromatic heterocycles. The molecule has 0 saturated heterocycles. The number of anilines is 2. The van der Waals surface area contributed by atoms with Crippen molar-refractivity contribution >= 4 is 62.6 Å². The van der Waals surface area contributed by atoms with E-state index in [0.29, 0.717) is 32.5 Å². The van der Waals surface area contributed by atoms with Gasteiger partial charge in [0.1, 0.15) is 11.3 Å². The summed E-state index contributed by atoms with van der Waals surface area (Å²) in [6, 6.07) is 5.96. The number of unbranched alkanes of at least 4 members (excludes halogenated alkanes) is 6. The number of nitrogens with one attached hydrogen (secondary N) is 1. The Hall–Kier alpha value is -3.06. The number of carboxylic acid groups (broad SMARTS) is 1. The van der Waals surface area contributed by atoms with Crippen LogP contribution >= 0.6 is 24.2 Å². The van der Waals surface area contributed by atoms with Crippen LogP contribution in [0.5, 0.6) is 5.75 Å². The lowest BCUT2D eigenvalue weighted by molar-refractivity contribution is -0.274. The van der Waals surface area contributed by atoms with E-state index in [2.05, 4.69) is 37.8 Å². The number of thiazole rings is 1. The summed E-state index contributed by atoms with van der Waals surface area (Å²) in [4.78, 5) is 24.0. The molecule has 0 amide bonds. The summed E-state index contributed by atoms with van der Waals surface area (Å²) in [5, 5.41) is 12.2. The van der Waals surface area contributed by atoms with E-state index in [1.165, 1.54) is 33.5 Å². The van der Waals surface area contributed by atoms with Crippen LogP contribution in [-0.4, -0.2) is 36.4 Å². The van der Waals surface area contributed by atoms with Crippen molar-refractivity contribution < 1.29 is 27.8 Å². The van der Waals surface area contributed by atoms with E-state index in [-0.39, 0.29) is 12.2 Å². The van der Waals surface area contributed by atoms with Crippen molar-refractivity contribution in [2.75, 3.05) is 5.32 Å². The molecule has 0 aliphatic heterocycles. The van der Waals surface area contributed by atoms with Crippen LogP contribution in [0.1, 0.15) is 56.9 Å². The summed E-state index contributed by atoms with van der Waals surface area (Å²) in [5.74, 6) is -0.634. The minimum absolute atomic E-state index is 0.247. The molecule has 3 heterocycles. The van der Waals surface area contributed by atoms with Crippen molar-refractivity contribution in [3.8, 4) is 5.75 Å². The molecule has 0 aliphatic rings. The van der Waals surface area contributed by atoms with Crippen LogP contribution in [0.2, 0.25) is 0 Å². The Balaban J connectivity index is 1.32. The lowest BCUT2D eigenvalue weighted by Crippen LogP contribution is -2.16. The predicted octanol–water partition coefficient (Wildman–Crippen LogP) is 7.12. The van der Waals surface area contributed by atoms with Crippen molar-refractivity contribution in [3.63, 3.8) is 0 Å². The van der Waals surface area contributed by atoms with Gasteiger partial charge in [-0.1, -0.05) is 56.3 Å². The average Bonchev–Trinajstić information content (AvgIpc) is 3.36. The molecule has 0 aliphatic carbocycles. The van der Waals surface area contributed by atoms with Crippen molar-refractivity contribution in [3.05, 3.63) is 36.0 Å². The standard InChI is InChI=1S/C24H26F3N5O3S2/c25-24(26,27)35-16-10-11-17-19(13-16)37-23(30-17)31-22-29-18-12-15(14-28-21(18)32(22)36)8-6-4-2-1-3-5-7-9-20(33)34/h10-14,36H,1-9H2,(H,33,34)(H,29,30,31). The largest absolute Gasteiger partial charge is 0.573 e. The number of carbonyl (C=O) groups is 1. The lowest BCUT2D eigenvalue weighted by atomic mass is 10.0. The van der Waals surface area contributed by atoms with Gasteiger partial charge in [-0.2, -0.15) is 0 Å². The summed E-state index contributed by atoms with van der Waals surface area (Å²) in [6.45, 7) is 0. The first-order valence-electron chi connectivity index (χ1n) is 11.9. The summed E-state index contributed by atoms with van der Waals surface area (Å²) >= 11 is 5.65. The lowest BCUT2D eigenvalue weighted by Gasteiger charge is -2.07. The highest BCUT2D eigenvalue weighted by Crippen LogP contribution is 2.33. The summed E-state index contributed by atoms with van der Waals surface area (Å²) in [6.07, 6.45) is 5.30. The third-order valence-electron chi connectivity index (χ3n) is 5.70. The van der Waals surface area contributed by atoms with Gasteiger partial charge in [0.2, 0.25) is 5.95 Å². The average molecular weight is 554 g/mol. The number of benzene rings is 1. The zero-order valence-electron chi connectivity index (χ0n) is 19.8. The number of imidazole rings is 1. The summed E-state index contributed by atoms with van der Waals surface area (Å²) in [7, 11) is 0. The Labute approximate surface area is 220 Å². The van der Waals surface area contributed by atoms with Crippen LogP contribution in [0.4, 0.5) is 24.3 Å². The van der Waals surface area contributed by atoms with Crippen LogP contribution in [0, 0.1) is 0 Å². The number of ether oxygens (including phenoxy) is 1. The number of hydrogen-bond donors (Lipinski definition) is 3. The number of aliphatic carboxylic acids is 1. The van der Waals surface area contributed by atoms with Crippen LogP contribution < -0.4 is 10.1 Å². The number of rotatable bonds is 13. The maximum Gasteiger partial charge on any atom is 0.573 e. The molecule has 198 valence electrons. The molecule has 2 N–H and O–H groups in total. The zero-order valence-corrected chi connectivity index (χ0v) is 21.5. The van der Waals surface area contributed by atoms with E-state index < -0.39 is 12.3 Å². The number of aryl methyl sites for hydroxylation is 1. The molecule has 13 heteroatoms. The zero-order chi connectivity index (χ0) is 26.4. The number of alkyl halides is 3. The molecule has 4 aromatic rings. The molecule has 0 unspecified atom stereocenters. The smallest absolute Gasteiger partial charge is 0.481 e. The Morgan fingerprint density at radius 3 is 2.51 bits per heavy atom. The van der Waals surface area contributed by atoms with Gasteiger partial charge >= 0.3 is 12.3 Å². The van der Waals surface area contributed by atoms with Gasteiger partial charge in [-0.3, -0.25) is 4.79 Å². The van der Waals surface area contributed by atoms with Gasteiger partial charge in [-0.15, -0.1) is 13.2 Å². The summed E-state index contributed by atoms with van der Waals surface area (Å²) < 4.78 is 43.5. The minimum atomic E-state index is -4.76. The Bertz CT molecular complexity index is 1370. The molecular formula is C24H26F3N5O3S2. The molecule has 0 radical (unpaired) electrons. The Kier molecular flexibility index (Phi) is 8.75. The quantitative estimate of drug-likeness (QED) is 0.120. The first-order chi connectivity index (χ1) is 17.7. The monoisotopic (exact) mass is 553 g/mol. The highest BCUT2D eigenvalue weighted by molar-refractivity contribution is 7.78. The van der Waals surface area contributed by atoms with E-state index in [0.717, 1.165) is 56.9 Å². The van der Waals surface area contributed by atoms with E-state index >= 15 is 0 Å². The fraction of sp³-hybridized carbons (Fsp3) is 0.417. The van der Waals surface area contributed by atoms with Gasteiger partial charge in [0.25, 0.3) is 0 Å². The topological polar surface area (TPSA) is 102 Å². The van der Waals surface area contributed by atoms with Gasteiger partial charge in [0.05, 0.1) is 10.2 Å². The molecule has 0 saturated carbocycles. The molecular weight excluding hydrogens is 527 g/mol. The van der Waals surface area contributed by atoms with E-state index in [9.17, 15) is 18.0 Å². The van der Waals surface area contributed by atoms with E-state index in [1.807, 2.05) is 12.3 Å². The fourth-order valence-electron chi connectivity index (χ4n) is 3.95. The Morgan fingerprint density at radius 2 is 1.78 bits per heavy atom. The normalized spacial score (nSPS) is 11.9. The maximum atomic E-state index is 12.5. The first-order valence-corrected chi connectivity index (χ1v) is 13.1. The number of hydrogen-bond acceptors (Lipinski definition) is 8. The van der Waals surface area contributed by atoms with Crippen molar-refractivity contribution in [1.82, 2.24) is 18.9 Å². The number of pyridine rings is 1. The summed E-state index contributed by atoms with van der Waals surface area (Å²) in [5.41, 5.74) is 2.86. The second-order valence-corrected chi connectivity index (χ2v) is 10.1. The molecule has 0 bridgehead atoms. The van der Waals surface area contributed by atoms with E-state index in [4.69, 9.17) is 5.11 Å². The molecule has 0 atom stereocenters. The van der Waals surface area contributed by atoms with Gasteiger partial charge in [-0.25, -0.2) is 18.9 Å². The number of aromatic nitrogens is 4. The van der Waals surface area contributed by atoms with Gasteiger partial charge in [-0.05, 0) is 43.0 Å². The molecule has 0 fully saturated rings. The number of fused-ring (bicyclic) bond motifs is 2. The van der Waals surface area contributed by atoms with Crippen molar-refractivity contribution in [2.24, 2.45) is 0 Å². The second kappa shape index (κ2) is 12.0. The van der Waals surface area contributed by atoms with Crippen LogP contribution in [0.15, 0.2) is 30.5 Å². The molecule has 0 spiro atoms. The number of carboxylic acids is 1. The van der Waals surface area contributed by atoms with Gasteiger partial charge in [0.15, 0.2) is 10.8 Å². The number of nitrogens with zero attached hydrogens (tertiary/aromatic N) is 4. The molecule has 4 rings (SSSR count). The minimum Gasteiger partial charge on any atom is -0.481 e. The van der Waals surface area contributed by atoms with Crippen LogP contribution in [-0.2, 0) is 11.2 Å².